The average Bonchev–Trinajstić information content (AvgIpc) is 3.00. The molecule has 1 heterocycles. The fraction of sp³-hybridized carbons (Fsp3) is 0.250. The highest BCUT2D eigenvalue weighted by Crippen LogP contribution is 2.46. The van der Waals surface area contributed by atoms with E-state index in [9.17, 15) is 4.79 Å². The van der Waals surface area contributed by atoms with Gasteiger partial charge in [0.25, 0.3) is 0 Å². The lowest BCUT2D eigenvalue weighted by Gasteiger charge is -2.30. The van der Waals surface area contributed by atoms with Gasteiger partial charge in [0.05, 0.1) is 24.0 Å². The van der Waals surface area contributed by atoms with E-state index in [4.69, 9.17) is 27.9 Å². The third-order valence-electron chi connectivity index (χ3n) is 6.42. The number of ketones is 1. The number of Topliss-reactive ketones (excluding diaryl/α,β-unsaturated/α-hetero) is 1. The van der Waals surface area contributed by atoms with Crippen LogP contribution in [-0.4, -0.2) is 12.4 Å². The van der Waals surface area contributed by atoms with Crippen LogP contribution in [0.1, 0.15) is 49.3 Å². The second kappa shape index (κ2) is 9.73. The van der Waals surface area contributed by atoms with Crippen LogP contribution in [0.2, 0.25) is 10.0 Å². The van der Waals surface area contributed by atoms with Gasteiger partial charge in [-0.1, -0.05) is 60.5 Å². The van der Waals surface area contributed by atoms with Crippen molar-refractivity contribution in [3.63, 3.8) is 0 Å². The lowest BCUT2D eigenvalue weighted by atomic mass is 9.78. The van der Waals surface area contributed by atoms with E-state index in [1.165, 1.54) is 0 Å². The Morgan fingerprint density at radius 2 is 1.62 bits per heavy atom. The minimum absolute atomic E-state index is 0.0756. The van der Waals surface area contributed by atoms with Crippen LogP contribution < -0.4 is 15.4 Å². The smallest absolute Gasteiger partial charge is 0.163 e. The molecule has 2 aliphatic rings. The van der Waals surface area contributed by atoms with Crippen molar-refractivity contribution < 1.29 is 9.53 Å². The SMILES string of the molecule is CCCOc1ccc(C2CC(=O)C3=C(C2)Nc2ccccc2NC3c2c(Cl)cccc2Cl)cc1. The number of ether oxygens (including phenoxy) is 1. The highest BCUT2D eigenvalue weighted by molar-refractivity contribution is 6.36. The zero-order valence-electron chi connectivity index (χ0n) is 18.9. The number of hydrogen-bond donors (Lipinski definition) is 2. The van der Waals surface area contributed by atoms with Crippen molar-refractivity contribution in [1.82, 2.24) is 0 Å². The quantitative estimate of drug-likeness (QED) is 0.381. The lowest BCUT2D eigenvalue weighted by molar-refractivity contribution is -0.116. The number of para-hydroxylation sites is 2. The van der Waals surface area contributed by atoms with Gasteiger partial charge in [0.2, 0.25) is 0 Å². The summed E-state index contributed by atoms with van der Waals surface area (Å²) >= 11 is 13.2. The normalized spacial score (nSPS) is 19.4. The number of halogens is 2. The molecule has 0 amide bonds. The second-order valence-electron chi connectivity index (χ2n) is 8.72. The molecule has 2 atom stereocenters. The van der Waals surface area contributed by atoms with E-state index in [0.717, 1.165) is 40.4 Å². The van der Waals surface area contributed by atoms with Gasteiger partial charge in [0.15, 0.2) is 5.78 Å². The topological polar surface area (TPSA) is 50.4 Å². The second-order valence-corrected chi connectivity index (χ2v) is 9.54. The van der Waals surface area contributed by atoms with Crippen molar-refractivity contribution in [2.45, 2.75) is 38.1 Å². The molecule has 0 radical (unpaired) electrons. The fourth-order valence-corrected chi connectivity index (χ4v) is 5.40. The molecule has 1 aliphatic carbocycles. The van der Waals surface area contributed by atoms with Gasteiger partial charge in [-0.15, -0.1) is 0 Å². The summed E-state index contributed by atoms with van der Waals surface area (Å²) in [6.07, 6.45) is 2.10. The van der Waals surface area contributed by atoms with Crippen LogP contribution in [-0.2, 0) is 4.79 Å². The summed E-state index contributed by atoms with van der Waals surface area (Å²) in [6.45, 7) is 2.78. The van der Waals surface area contributed by atoms with Gasteiger partial charge in [-0.05, 0) is 60.7 Å². The Hall–Kier alpha value is -2.95. The van der Waals surface area contributed by atoms with Crippen molar-refractivity contribution in [3.8, 4) is 5.75 Å². The predicted molar refractivity (Wildman–Crippen MR) is 139 cm³/mol. The molecule has 0 saturated heterocycles. The first-order valence-electron chi connectivity index (χ1n) is 11.6. The third-order valence-corrected chi connectivity index (χ3v) is 7.08. The van der Waals surface area contributed by atoms with E-state index in [2.05, 4.69) is 29.7 Å². The summed E-state index contributed by atoms with van der Waals surface area (Å²) in [5.74, 6) is 1.02. The predicted octanol–water partition coefficient (Wildman–Crippen LogP) is 7.76. The van der Waals surface area contributed by atoms with Gasteiger partial charge in [0, 0.05) is 33.3 Å². The Morgan fingerprint density at radius 1 is 0.912 bits per heavy atom. The number of carbonyl (C=O) groups excluding carboxylic acids is 1. The molecular formula is C28H26Cl2N2O2. The van der Waals surface area contributed by atoms with Crippen molar-refractivity contribution in [2.24, 2.45) is 0 Å². The molecule has 2 N–H and O–H groups in total. The Bertz CT molecular complexity index is 1230. The maximum atomic E-state index is 13.7. The Balaban J connectivity index is 1.55. The summed E-state index contributed by atoms with van der Waals surface area (Å²) < 4.78 is 5.72. The highest BCUT2D eigenvalue weighted by Gasteiger charge is 2.37. The Morgan fingerprint density at radius 3 is 2.32 bits per heavy atom. The largest absolute Gasteiger partial charge is 0.494 e. The molecule has 3 aromatic carbocycles. The first kappa shape index (κ1) is 22.8. The number of allylic oxidation sites excluding steroid dienone is 1. The van der Waals surface area contributed by atoms with E-state index in [1.807, 2.05) is 54.6 Å². The zero-order valence-corrected chi connectivity index (χ0v) is 20.4. The molecule has 4 nitrogen and oxygen atoms in total. The van der Waals surface area contributed by atoms with Crippen LogP contribution in [0.25, 0.3) is 0 Å². The summed E-state index contributed by atoms with van der Waals surface area (Å²) in [7, 11) is 0. The van der Waals surface area contributed by atoms with E-state index in [-0.39, 0.29) is 11.7 Å². The van der Waals surface area contributed by atoms with Crippen LogP contribution in [0, 0.1) is 0 Å². The van der Waals surface area contributed by atoms with Crippen molar-refractivity contribution in [2.75, 3.05) is 17.2 Å². The van der Waals surface area contributed by atoms with Crippen LogP contribution >= 0.6 is 23.2 Å². The maximum Gasteiger partial charge on any atom is 0.163 e. The van der Waals surface area contributed by atoms with Gasteiger partial charge in [0.1, 0.15) is 5.75 Å². The van der Waals surface area contributed by atoms with Gasteiger partial charge < -0.3 is 15.4 Å². The standard InChI is InChI=1S/C28H26Cl2N2O2/c1-2-14-34-19-12-10-17(11-13-19)18-15-24-27(25(33)16-18)28(26-20(29)6-5-7-21(26)30)32-23-9-4-3-8-22(23)31-24/h3-13,18,28,31-32H,2,14-16H2,1H3. The summed E-state index contributed by atoms with van der Waals surface area (Å²) in [5, 5.41) is 8.17. The summed E-state index contributed by atoms with van der Waals surface area (Å²) in [6, 6.07) is 21.1. The fourth-order valence-electron chi connectivity index (χ4n) is 4.79. The molecule has 0 bridgehead atoms. The molecule has 3 aromatic rings. The van der Waals surface area contributed by atoms with Gasteiger partial charge in [-0.2, -0.15) is 0 Å². The number of nitrogens with one attached hydrogen (secondary N) is 2. The molecular weight excluding hydrogens is 467 g/mol. The van der Waals surface area contributed by atoms with Gasteiger partial charge >= 0.3 is 0 Å². The van der Waals surface area contributed by atoms with Crippen LogP contribution in [0.5, 0.6) is 5.75 Å². The zero-order chi connectivity index (χ0) is 23.7. The van der Waals surface area contributed by atoms with Crippen LogP contribution in [0.15, 0.2) is 78.0 Å². The molecule has 5 rings (SSSR count). The average molecular weight is 493 g/mol. The molecule has 0 aromatic heterocycles. The van der Waals surface area contributed by atoms with Gasteiger partial charge in [-0.25, -0.2) is 0 Å². The molecule has 0 saturated carbocycles. The number of fused-ring (bicyclic) bond motifs is 1. The first-order valence-corrected chi connectivity index (χ1v) is 12.4. The van der Waals surface area contributed by atoms with Crippen LogP contribution in [0.3, 0.4) is 0 Å². The molecule has 2 unspecified atom stereocenters. The number of hydrogen-bond acceptors (Lipinski definition) is 4. The molecule has 0 fully saturated rings. The monoisotopic (exact) mass is 492 g/mol. The van der Waals surface area contributed by atoms with Crippen molar-refractivity contribution >= 4 is 40.4 Å². The minimum atomic E-state index is -0.439. The lowest BCUT2D eigenvalue weighted by Crippen LogP contribution is -2.27. The van der Waals surface area contributed by atoms with E-state index < -0.39 is 6.04 Å². The molecule has 34 heavy (non-hydrogen) atoms. The molecule has 174 valence electrons. The summed E-state index contributed by atoms with van der Waals surface area (Å²) in [4.78, 5) is 13.7. The number of carbonyl (C=O) groups is 1. The highest BCUT2D eigenvalue weighted by atomic mass is 35.5. The number of anilines is 2. The minimum Gasteiger partial charge on any atom is -0.494 e. The first-order chi connectivity index (χ1) is 16.5. The van der Waals surface area contributed by atoms with Gasteiger partial charge in [-0.3, -0.25) is 4.79 Å². The van der Waals surface area contributed by atoms with E-state index in [1.54, 1.807) is 0 Å². The number of rotatable bonds is 5. The van der Waals surface area contributed by atoms with E-state index in [0.29, 0.717) is 35.1 Å². The number of benzene rings is 3. The molecule has 0 spiro atoms. The Kier molecular flexibility index (Phi) is 6.53. The molecule has 6 heteroatoms. The van der Waals surface area contributed by atoms with E-state index >= 15 is 0 Å². The summed E-state index contributed by atoms with van der Waals surface area (Å²) in [5.41, 5.74) is 5.29. The van der Waals surface area contributed by atoms with Crippen LogP contribution in [0.4, 0.5) is 11.4 Å². The maximum absolute atomic E-state index is 13.7. The van der Waals surface area contributed by atoms with Crippen molar-refractivity contribution in [1.29, 1.82) is 0 Å². The Labute approximate surface area is 209 Å². The molecule has 1 aliphatic heterocycles. The van der Waals surface area contributed by atoms with Crippen molar-refractivity contribution in [3.05, 3.63) is 99.2 Å². The third kappa shape index (κ3) is 4.40.